The lowest BCUT2D eigenvalue weighted by Gasteiger charge is -2.04. The number of para-hydroxylation sites is 1. The maximum atomic E-state index is 12.2. The SMILES string of the molecule is O=c1nc2[nH]c(=S)[nH]c(=O)c2c(-c2c[nH]c3ccccc23)[nH]1. The summed E-state index contributed by atoms with van der Waals surface area (Å²) in [4.78, 5) is 38.9. The standard InChI is InChI=1S/C14H9N5O2S/c20-12-9-10(7-5-15-8-4-2-1-3-6(7)8)16-13(21)17-11(9)18-14(22)19-12/h1-5,15H,(H3,16,17,18,19,20,21,22). The van der Waals surface area contributed by atoms with Crippen LogP contribution in [0.3, 0.4) is 0 Å². The number of fused-ring (bicyclic) bond motifs is 2. The number of benzene rings is 1. The van der Waals surface area contributed by atoms with Gasteiger partial charge in [0, 0.05) is 22.7 Å². The first kappa shape index (κ1) is 12.7. The van der Waals surface area contributed by atoms with Crippen LogP contribution in [0.4, 0.5) is 0 Å². The third kappa shape index (κ3) is 1.81. The van der Waals surface area contributed by atoms with E-state index in [-0.39, 0.29) is 15.8 Å². The van der Waals surface area contributed by atoms with Gasteiger partial charge >= 0.3 is 5.69 Å². The molecule has 0 unspecified atom stereocenters. The number of hydrogen-bond donors (Lipinski definition) is 4. The summed E-state index contributed by atoms with van der Waals surface area (Å²) in [5.74, 6) is 0. The van der Waals surface area contributed by atoms with Gasteiger partial charge in [-0.3, -0.25) is 9.78 Å². The van der Waals surface area contributed by atoms with Crippen LogP contribution >= 0.6 is 12.2 Å². The third-order valence-corrected chi connectivity index (χ3v) is 3.68. The first-order valence-corrected chi connectivity index (χ1v) is 6.87. The van der Waals surface area contributed by atoms with E-state index in [4.69, 9.17) is 12.2 Å². The van der Waals surface area contributed by atoms with Crippen LogP contribution in [-0.2, 0) is 0 Å². The molecule has 0 atom stereocenters. The van der Waals surface area contributed by atoms with Gasteiger partial charge in [0.05, 0.1) is 5.69 Å². The van der Waals surface area contributed by atoms with Gasteiger partial charge < -0.3 is 15.0 Å². The fourth-order valence-corrected chi connectivity index (χ4v) is 2.76. The average Bonchev–Trinajstić information content (AvgIpc) is 2.89. The Hall–Kier alpha value is -3.00. The second kappa shape index (κ2) is 4.50. The predicted octanol–water partition coefficient (Wildman–Crippen LogP) is 1.82. The highest BCUT2D eigenvalue weighted by atomic mass is 32.1. The van der Waals surface area contributed by atoms with Crippen LogP contribution in [0.5, 0.6) is 0 Å². The molecule has 4 rings (SSSR count). The van der Waals surface area contributed by atoms with Gasteiger partial charge in [0.15, 0.2) is 10.4 Å². The molecule has 8 heteroatoms. The molecule has 7 nitrogen and oxygen atoms in total. The normalized spacial score (nSPS) is 11.3. The van der Waals surface area contributed by atoms with E-state index in [1.54, 1.807) is 6.20 Å². The summed E-state index contributed by atoms with van der Waals surface area (Å²) in [6, 6.07) is 7.61. The summed E-state index contributed by atoms with van der Waals surface area (Å²) in [7, 11) is 0. The summed E-state index contributed by atoms with van der Waals surface area (Å²) in [5, 5.41) is 1.16. The van der Waals surface area contributed by atoms with E-state index in [9.17, 15) is 9.59 Å². The number of rotatable bonds is 1. The molecule has 4 aromatic rings. The molecule has 3 aromatic heterocycles. The predicted molar refractivity (Wildman–Crippen MR) is 85.5 cm³/mol. The molecule has 4 N–H and O–H groups in total. The first-order valence-electron chi connectivity index (χ1n) is 6.46. The molecule has 0 amide bonds. The minimum Gasteiger partial charge on any atom is -0.360 e. The summed E-state index contributed by atoms with van der Waals surface area (Å²) in [6.07, 6.45) is 1.75. The second-order valence-electron chi connectivity index (χ2n) is 4.80. The molecule has 22 heavy (non-hydrogen) atoms. The van der Waals surface area contributed by atoms with Gasteiger partial charge in [-0.1, -0.05) is 18.2 Å². The fraction of sp³-hybridized carbons (Fsp3) is 0. The van der Waals surface area contributed by atoms with Gasteiger partial charge in [-0.2, -0.15) is 4.98 Å². The van der Waals surface area contributed by atoms with Crippen molar-refractivity contribution in [3.05, 3.63) is 56.1 Å². The Morgan fingerprint density at radius 2 is 1.86 bits per heavy atom. The van der Waals surface area contributed by atoms with E-state index in [1.807, 2.05) is 24.3 Å². The maximum Gasteiger partial charge on any atom is 0.347 e. The van der Waals surface area contributed by atoms with Crippen LogP contribution in [-0.4, -0.2) is 24.9 Å². The molecular weight excluding hydrogens is 302 g/mol. The van der Waals surface area contributed by atoms with Gasteiger partial charge in [-0.05, 0) is 18.3 Å². The van der Waals surface area contributed by atoms with Crippen LogP contribution in [0.2, 0.25) is 0 Å². The molecule has 0 aliphatic rings. The second-order valence-corrected chi connectivity index (χ2v) is 5.20. The van der Waals surface area contributed by atoms with E-state index in [0.29, 0.717) is 5.69 Å². The topological polar surface area (TPSA) is 110 Å². The zero-order valence-electron chi connectivity index (χ0n) is 11.1. The van der Waals surface area contributed by atoms with Crippen LogP contribution in [0, 0.1) is 4.77 Å². The highest BCUT2D eigenvalue weighted by Crippen LogP contribution is 2.28. The van der Waals surface area contributed by atoms with Gasteiger partial charge in [0.25, 0.3) is 5.56 Å². The molecule has 0 radical (unpaired) electrons. The Balaban J connectivity index is 2.22. The molecule has 0 aliphatic heterocycles. The molecular formula is C14H9N5O2S. The molecule has 0 spiro atoms. The largest absolute Gasteiger partial charge is 0.360 e. The zero-order valence-corrected chi connectivity index (χ0v) is 11.9. The molecule has 1 aromatic carbocycles. The quantitative estimate of drug-likeness (QED) is 0.402. The Morgan fingerprint density at radius 3 is 2.73 bits per heavy atom. The average molecular weight is 311 g/mol. The Bertz CT molecular complexity index is 1190. The van der Waals surface area contributed by atoms with E-state index in [1.165, 1.54) is 0 Å². The lowest BCUT2D eigenvalue weighted by atomic mass is 10.1. The smallest absolute Gasteiger partial charge is 0.347 e. The lowest BCUT2D eigenvalue weighted by Crippen LogP contribution is -2.18. The highest BCUT2D eigenvalue weighted by Gasteiger charge is 2.14. The molecule has 0 aliphatic carbocycles. The van der Waals surface area contributed by atoms with Crippen LogP contribution in [0.15, 0.2) is 40.1 Å². The summed E-state index contributed by atoms with van der Waals surface area (Å²) in [6.45, 7) is 0. The van der Waals surface area contributed by atoms with Crippen molar-refractivity contribution in [3.63, 3.8) is 0 Å². The van der Waals surface area contributed by atoms with Gasteiger partial charge in [-0.15, -0.1) is 0 Å². The fourth-order valence-electron chi connectivity index (χ4n) is 2.57. The highest BCUT2D eigenvalue weighted by molar-refractivity contribution is 7.71. The molecule has 0 bridgehead atoms. The zero-order chi connectivity index (χ0) is 15.3. The van der Waals surface area contributed by atoms with E-state index < -0.39 is 11.2 Å². The maximum absolute atomic E-state index is 12.2. The van der Waals surface area contributed by atoms with Crippen molar-refractivity contribution < 1.29 is 0 Å². The monoisotopic (exact) mass is 311 g/mol. The number of aromatic nitrogens is 5. The van der Waals surface area contributed by atoms with E-state index in [2.05, 4.69) is 24.9 Å². The minimum absolute atomic E-state index is 0.125. The number of aromatic amines is 4. The lowest BCUT2D eigenvalue weighted by molar-refractivity contribution is 1.05. The van der Waals surface area contributed by atoms with Crippen molar-refractivity contribution in [1.29, 1.82) is 0 Å². The number of H-pyrrole nitrogens is 4. The summed E-state index contributed by atoms with van der Waals surface area (Å²) in [5.41, 5.74) is 1.24. The van der Waals surface area contributed by atoms with Crippen molar-refractivity contribution in [1.82, 2.24) is 24.9 Å². The molecule has 0 saturated heterocycles. The van der Waals surface area contributed by atoms with E-state index in [0.717, 1.165) is 16.5 Å². The third-order valence-electron chi connectivity index (χ3n) is 3.48. The van der Waals surface area contributed by atoms with E-state index >= 15 is 0 Å². The molecule has 0 fully saturated rings. The molecule has 108 valence electrons. The van der Waals surface area contributed by atoms with Crippen molar-refractivity contribution >= 4 is 34.2 Å². The number of nitrogens with zero attached hydrogens (tertiary/aromatic N) is 1. The van der Waals surface area contributed by atoms with Crippen molar-refractivity contribution in [2.75, 3.05) is 0 Å². The van der Waals surface area contributed by atoms with Crippen LogP contribution in [0.1, 0.15) is 0 Å². The Kier molecular flexibility index (Phi) is 2.60. The Morgan fingerprint density at radius 1 is 1.05 bits per heavy atom. The number of nitrogens with one attached hydrogen (secondary N) is 4. The van der Waals surface area contributed by atoms with Crippen molar-refractivity contribution in [3.8, 4) is 11.3 Å². The van der Waals surface area contributed by atoms with Crippen LogP contribution < -0.4 is 11.2 Å². The molecule has 0 saturated carbocycles. The number of hydrogen-bond acceptors (Lipinski definition) is 4. The molecule has 3 heterocycles. The summed E-state index contributed by atoms with van der Waals surface area (Å²) < 4.78 is 0.125. The Labute approximate surface area is 127 Å². The van der Waals surface area contributed by atoms with Crippen LogP contribution in [0.25, 0.3) is 33.2 Å². The van der Waals surface area contributed by atoms with Gasteiger partial charge in [0.1, 0.15) is 5.39 Å². The first-order chi connectivity index (χ1) is 10.6. The van der Waals surface area contributed by atoms with Crippen molar-refractivity contribution in [2.24, 2.45) is 0 Å². The van der Waals surface area contributed by atoms with Crippen molar-refractivity contribution in [2.45, 2.75) is 0 Å². The summed E-state index contributed by atoms with van der Waals surface area (Å²) >= 11 is 4.92. The van der Waals surface area contributed by atoms with Gasteiger partial charge in [-0.25, -0.2) is 4.79 Å². The minimum atomic E-state index is -0.552. The van der Waals surface area contributed by atoms with Gasteiger partial charge in [0.2, 0.25) is 0 Å².